The van der Waals surface area contributed by atoms with Crippen molar-refractivity contribution in [3.63, 3.8) is 0 Å². The standard InChI is InChI=1S/C19H19N3O2/c1-19(2,3)17-10-15(20-11-21-17)16-9-13-8-12(5-7-18(23)24)4-6-14(13)22-16/h4-11,22H,1-3H3,(H,23,24)/b7-5+. The number of benzene rings is 1. The van der Waals surface area contributed by atoms with Crippen molar-refractivity contribution in [3.8, 4) is 11.4 Å². The summed E-state index contributed by atoms with van der Waals surface area (Å²) in [4.78, 5) is 22.7. The van der Waals surface area contributed by atoms with Gasteiger partial charge in [-0.3, -0.25) is 0 Å². The molecule has 3 aromatic rings. The number of hydrogen-bond donors (Lipinski definition) is 2. The van der Waals surface area contributed by atoms with Gasteiger partial charge in [-0.15, -0.1) is 0 Å². The second kappa shape index (κ2) is 5.92. The molecule has 122 valence electrons. The number of carbonyl (C=O) groups is 1. The van der Waals surface area contributed by atoms with Gasteiger partial charge in [0.25, 0.3) is 0 Å². The van der Waals surface area contributed by atoms with Gasteiger partial charge in [0.15, 0.2) is 0 Å². The van der Waals surface area contributed by atoms with Crippen molar-refractivity contribution < 1.29 is 9.90 Å². The molecule has 0 saturated carbocycles. The summed E-state index contributed by atoms with van der Waals surface area (Å²) in [7, 11) is 0. The van der Waals surface area contributed by atoms with E-state index in [2.05, 4.69) is 35.7 Å². The van der Waals surface area contributed by atoms with Crippen molar-refractivity contribution in [1.29, 1.82) is 0 Å². The van der Waals surface area contributed by atoms with E-state index in [1.807, 2.05) is 30.3 Å². The Labute approximate surface area is 140 Å². The summed E-state index contributed by atoms with van der Waals surface area (Å²) in [6, 6.07) is 9.77. The number of carboxylic acids is 1. The molecule has 0 aliphatic rings. The molecule has 2 aromatic heterocycles. The van der Waals surface area contributed by atoms with Crippen molar-refractivity contribution >= 4 is 22.9 Å². The molecule has 24 heavy (non-hydrogen) atoms. The Bertz CT molecular complexity index is 933. The van der Waals surface area contributed by atoms with Gasteiger partial charge in [-0.05, 0) is 35.9 Å². The first-order valence-electron chi connectivity index (χ1n) is 7.69. The number of carboxylic acid groups (broad SMARTS) is 1. The molecule has 0 spiro atoms. The molecule has 0 aliphatic heterocycles. The van der Waals surface area contributed by atoms with E-state index >= 15 is 0 Å². The number of H-pyrrole nitrogens is 1. The Kier molecular flexibility index (Phi) is 3.93. The van der Waals surface area contributed by atoms with Crippen LogP contribution >= 0.6 is 0 Å². The zero-order valence-electron chi connectivity index (χ0n) is 13.9. The van der Waals surface area contributed by atoms with Crippen LogP contribution in [0.3, 0.4) is 0 Å². The third-order valence-corrected chi connectivity index (χ3v) is 3.77. The summed E-state index contributed by atoms with van der Waals surface area (Å²) in [6.45, 7) is 6.35. The van der Waals surface area contributed by atoms with Crippen LogP contribution in [0, 0.1) is 0 Å². The Morgan fingerprint density at radius 1 is 1.17 bits per heavy atom. The van der Waals surface area contributed by atoms with Gasteiger partial charge in [0.05, 0.1) is 11.4 Å². The number of hydrogen-bond acceptors (Lipinski definition) is 3. The molecule has 0 bridgehead atoms. The van der Waals surface area contributed by atoms with Crippen LogP contribution in [0.25, 0.3) is 28.4 Å². The van der Waals surface area contributed by atoms with Gasteiger partial charge in [0.2, 0.25) is 0 Å². The monoisotopic (exact) mass is 321 g/mol. The van der Waals surface area contributed by atoms with E-state index in [1.165, 1.54) is 0 Å². The zero-order chi connectivity index (χ0) is 17.3. The van der Waals surface area contributed by atoms with Crippen LogP contribution < -0.4 is 0 Å². The van der Waals surface area contributed by atoms with Gasteiger partial charge in [-0.2, -0.15) is 0 Å². The predicted octanol–water partition coefficient (Wildman–Crippen LogP) is 4.02. The Hall–Kier alpha value is -2.95. The molecule has 5 heteroatoms. The quantitative estimate of drug-likeness (QED) is 0.714. The molecule has 0 amide bonds. The number of aromatic nitrogens is 3. The van der Waals surface area contributed by atoms with E-state index in [0.717, 1.165) is 39.6 Å². The van der Waals surface area contributed by atoms with Gasteiger partial charge in [-0.25, -0.2) is 14.8 Å². The average Bonchev–Trinajstić information content (AvgIpc) is 2.95. The van der Waals surface area contributed by atoms with Gasteiger partial charge in [-0.1, -0.05) is 26.8 Å². The largest absolute Gasteiger partial charge is 0.478 e. The molecule has 1 aromatic carbocycles. The van der Waals surface area contributed by atoms with E-state index in [0.29, 0.717) is 0 Å². The van der Waals surface area contributed by atoms with Gasteiger partial charge in [0.1, 0.15) is 6.33 Å². The molecular formula is C19H19N3O2. The fourth-order valence-corrected chi connectivity index (χ4v) is 2.48. The highest BCUT2D eigenvalue weighted by molar-refractivity contribution is 5.89. The van der Waals surface area contributed by atoms with Crippen LogP contribution in [0.2, 0.25) is 0 Å². The first-order chi connectivity index (χ1) is 11.3. The maximum atomic E-state index is 10.6. The van der Waals surface area contributed by atoms with E-state index in [1.54, 1.807) is 12.4 Å². The Balaban J connectivity index is 2.01. The predicted molar refractivity (Wildman–Crippen MR) is 94.7 cm³/mol. The lowest BCUT2D eigenvalue weighted by molar-refractivity contribution is -0.131. The van der Waals surface area contributed by atoms with E-state index in [-0.39, 0.29) is 5.41 Å². The van der Waals surface area contributed by atoms with Gasteiger partial charge < -0.3 is 10.1 Å². The SMILES string of the molecule is CC(C)(C)c1cc(-c2cc3cc(/C=C/C(=O)O)ccc3[nH]2)ncn1. The fourth-order valence-electron chi connectivity index (χ4n) is 2.48. The van der Waals surface area contributed by atoms with Crippen LogP contribution in [0.4, 0.5) is 0 Å². The summed E-state index contributed by atoms with van der Waals surface area (Å²) in [5.41, 5.74) is 4.52. The Morgan fingerprint density at radius 2 is 1.96 bits per heavy atom. The smallest absolute Gasteiger partial charge is 0.328 e. The van der Waals surface area contributed by atoms with Crippen LogP contribution in [0.1, 0.15) is 32.0 Å². The number of fused-ring (bicyclic) bond motifs is 1. The number of aromatic amines is 1. The summed E-state index contributed by atoms with van der Waals surface area (Å²) in [6.07, 6.45) is 4.30. The molecule has 0 unspecified atom stereocenters. The van der Waals surface area contributed by atoms with Crippen molar-refractivity contribution in [2.24, 2.45) is 0 Å². The van der Waals surface area contributed by atoms with Gasteiger partial charge >= 0.3 is 5.97 Å². The van der Waals surface area contributed by atoms with Gasteiger partial charge in [0, 0.05) is 28.1 Å². The number of nitrogens with zero attached hydrogens (tertiary/aromatic N) is 2. The van der Waals surface area contributed by atoms with Crippen molar-refractivity contribution in [1.82, 2.24) is 15.0 Å². The minimum atomic E-state index is -0.958. The van der Waals surface area contributed by atoms with Crippen LogP contribution in [-0.4, -0.2) is 26.0 Å². The van der Waals surface area contributed by atoms with Crippen LogP contribution in [0.5, 0.6) is 0 Å². The molecule has 2 heterocycles. The lowest BCUT2D eigenvalue weighted by Gasteiger charge is -2.17. The molecule has 0 aliphatic carbocycles. The average molecular weight is 321 g/mol. The minimum Gasteiger partial charge on any atom is -0.478 e. The molecule has 0 radical (unpaired) electrons. The maximum absolute atomic E-state index is 10.6. The summed E-state index contributed by atoms with van der Waals surface area (Å²) >= 11 is 0. The van der Waals surface area contributed by atoms with Crippen molar-refractivity contribution in [2.75, 3.05) is 0 Å². The first-order valence-corrected chi connectivity index (χ1v) is 7.69. The van der Waals surface area contributed by atoms with Crippen molar-refractivity contribution in [3.05, 3.63) is 54.0 Å². The molecule has 0 saturated heterocycles. The molecular weight excluding hydrogens is 302 g/mol. The molecule has 0 fully saturated rings. The lowest BCUT2D eigenvalue weighted by Crippen LogP contribution is -2.13. The highest BCUT2D eigenvalue weighted by atomic mass is 16.4. The second-order valence-electron chi connectivity index (χ2n) is 6.74. The van der Waals surface area contributed by atoms with Crippen molar-refractivity contribution in [2.45, 2.75) is 26.2 Å². The molecule has 5 nitrogen and oxygen atoms in total. The molecule has 3 rings (SSSR count). The number of aliphatic carboxylic acids is 1. The topological polar surface area (TPSA) is 78.9 Å². The summed E-state index contributed by atoms with van der Waals surface area (Å²) < 4.78 is 0. The van der Waals surface area contributed by atoms with E-state index < -0.39 is 5.97 Å². The fraction of sp³-hybridized carbons (Fsp3) is 0.211. The third kappa shape index (κ3) is 3.35. The highest BCUT2D eigenvalue weighted by Crippen LogP contribution is 2.27. The maximum Gasteiger partial charge on any atom is 0.328 e. The zero-order valence-corrected chi connectivity index (χ0v) is 13.9. The third-order valence-electron chi connectivity index (χ3n) is 3.77. The summed E-state index contributed by atoms with van der Waals surface area (Å²) in [5.74, 6) is -0.958. The van der Waals surface area contributed by atoms with E-state index in [9.17, 15) is 4.79 Å². The molecule has 0 atom stereocenters. The Morgan fingerprint density at radius 3 is 2.67 bits per heavy atom. The van der Waals surface area contributed by atoms with E-state index in [4.69, 9.17) is 5.11 Å². The summed E-state index contributed by atoms with van der Waals surface area (Å²) in [5, 5.41) is 9.73. The number of rotatable bonds is 3. The first kappa shape index (κ1) is 15.9. The molecule has 2 N–H and O–H groups in total. The minimum absolute atomic E-state index is 0.0432. The highest BCUT2D eigenvalue weighted by Gasteiger charge is 2.17. The van der Waals surface area contributed by atoms with Crippen LogP contribution in [-0.2, 0) is 10.2 Å². The van der Waals surface area contributed by atoms with Crippen LogP contribution in [0.15, 0.2) is 42.7 Å². The number of nitrogens with one attached hydrogen (secondary N) is 1. The second-order valence-corrected chi connectivity index (χ2v) is 6.74. The normalized spacial score (nSPS) is 12.1. The lowest BCUT2D eigenvalue weighted by atomic mass is 9.91.